The lowest BCUT2D eigenvalue weighted by Gasteiger charge is -2.26. The maximum absolute atomic E-state index is 5.96. The molecule has 0 unspecified atom stereocenters. The van der Waals surface area contributed by atoms with Crippen LogP contribution in [0.2, 0.25) is 0 Å². The van der Waals surface area contributed by atoms with Gasteiger partial charge >= 0.3 is 0 Å². The highest BCUT2D eigenvalue weighted by Gasteiger charge is 2.13. The Hall–Kier alpha value is -1.56. The zero-order valence-electron chi connectivity index (χ0n) is 12.3. The average molecular weight is 280 g/mol. The van der Waals surface area contributed by atoms with Crippen LogP contribution < -0.4 is 15.2 Å². The first kappa shape index (κ1) is 14.8. The van der Waals surface area contributed by atoms with E-state index in [2.05, 4.69) is 14.9 Å². The van der Waals surface area contributed by atoms with Crippen LogP contribution in [0.15, 0.2) is 6.33 Å². The summed E-state index contributed by atoms with van der Waals surface area (Å²) in [6, 6.07) is 0. The first-order chi connectivity index (χ1) is 9.66. The van der Waals surface area contributed by atoms with E-state index in [9.17, 15) is 0 Å². The van der Waals surface area contributed by atoms with E-state index in [-0.39, 0.29) is 6.10 Å². The van der Waals surface area contributed by atoms with E-state index in [0.29, 0.717) is 24.1 Å². The van der Waals surface area contributed by atoms with Crippen LogP contribution in [-0.4, -0.2) is 47.2 Å². The standard InChI is InChI=1S/C14H24N4O2/c1-11(2)20-14-12(15)13(16-10-17-14)19-9-8-18-6-4-3-5-7-18/h10-11H,3-9,15H2,1-2H3. The number of piperidine rings is 1. The molecule has 1 fully saturated rings. The van der Waals surface area contributed by atoms with E-state index in [1.807, 2.05) is 13.8 Å². The SMILES string of the molecule is CC(C)Oc1ncnc(OCCN2CCCCC2)c1N. The number of nitrogen functional groups attached to an aromatic ring is 1. The molecule has 1 saturated heterocycles. The summed E-state index contributed by atoms with van der Waals surface area (Å²) in [4.78, 5) is 10.5. The normalized spacial score (nSPS) is 16.4. The van der Waals surface area contributed by atoms with Crippen LogP contribution in [0.3, 0.4) is 0 Å². The van der Waals surface area contributed by atoms with Gasteiger partial charge < -0.3 is 15.2 Å². The lowest BCUT2D eigenvalue weighted by molar-refractivity contribution is 0.180. The van der Waals surface area contributed by atoms with Gasteiger partial charge in [-0.1, -0.05) is 6.42 Å². The highest BCUT2D eigenvalue weighted by atomic mass is 16.5. The molecule has 6 nitrogen and oxygen atoms in total. The van der Waals surface area contributed by atoms with Gasteiger partial charge in [0, 0.05) is 6.54 Å². The van der Waals surface area contributed by atoms with Crippen molar-refractivity contribution < 1.29 is 9.47 Å². The van der Waals surface area contributed by atoms with Crippen molar-refractivity contribution in [3.05, 3.63) is 6.33 Å². The lowest BCUT2D eigenvalue weighted by atomic mass is 10.1. The first-order valence-corrected chi connectivity index (χ1v) is 7.29. The van der Waals surface area contributed by atoms with Crippen LogP contribution >= 0.6 is 0 Å². The molecule has 0 bridgehead atoms. The molecule has 0 radical (unpaired) electrons. The molecule has 0 amide bonds. The highest BCUT2D eigenvalue weighted by molar-refractivity contribution is 5.55. The minimum absolute atomic E-state index is 0.0217. The molecular weight excluding hydrogens is 256 g/mol. The number of likely N-dealkylation sites (tertiary alicyclic amines) is 1. The third-order valence-electron chi connectivity index (χ3n) is 3.25. The second-order valence-corrected chi connectivity index (χ2v) is 5.32. The molecule has 0 saturated carbocycles. The quantitative estimate of drug-likeness (QED) is 0.855. The van der Waals surface area contributed by atoms with E-state index < -0.39 is 0 Å². The van der Waals surface area contributed by atoms with Crippen LogP contribution in [0.25, 0.3) is 0 Å². The number of hydrogen-bond donors (Lipinski definition) is 1. The Bertz CT molecular complexity index is 420. The van der Waals surface area contributed by atoms with E-state index in [1.54, 1.807) is 0 Å². The molecule has 1 aromatic heterocycles. The molecule has 1 aliphatic heterocycles. The minimum Gasteiger partial charge on any atom is -0.475 e. The third-order valence-corrected chi connectivity index (χ3v) is 3.25. The van der Waals surface area contributed by atoms with Crippen molar-refractivity contribution in [2.45, 2.75) is 39.2 Å². The fourth-order valence-corrected chi connectivity index (χ4v) is 2.25. The Labute approximate surface area is 120 Å². The van der Waals surface area contributed by atoms with E-state index in [0.717, 1.165) is 19.6 Å². The summed E-state index contributed by atoms with van der Waals surface area (Å²) in [5, 5.41) is 0. The molecule has 2 heterocycles. The summed E-state index contributed by atoms with van der Waals surface area (Å²) in [6.45, 7) is 7.66. The van der Waals surface area contributed by atoms with Crippen molar-refractivity contribution in [1.29, 1.82) is 0 Å². The van der Waals surface area contributed by atoms with Gasteiger partial charge in [-0.2, -0.15) is 9.97 Å². The summed E-state index contributed by atoms with van der Waals surface area (Å²) in [6.07, 6.45) is 5.34. The van der Waals surface area contributed by atoms with E-state index >= 15 is 0 Å². The van der Waals surface area contributed by atoms with Gasteiger partial charge in [-0.25, -0.2) is 0 Å². The molecule has 0 aliphatic carbocycles. The molecule has 0 atom stereocenters. The van der Waals surface area contributed by atoms with Crippen LogP contribution in [0.5, 0.6) is 11.8 Å². The predicted octanol–water partition coefficient (Wildman–Crippen LogP) is 1.71. The Morgan fingerprint density at radius 2 is 1.90 bits per heavy atom. The summed E-state index contributed by atoms with van der Waals surface area (Å²) in [7, 11) is 0. The number of ether oxygens (including phenoxy) is 2. The van der Waals surface area contributed by atoms with Crippen molar-refractivity contribution in [2.75, 3.05) is 32.0 Å². The molecule has 1 aromatic rings. The summed E-state index contributed by atoms with van der Waals surface area (Å²) < 4.78 is 11.2. The van der Waals surface area contributed by atoms with Crippen LogP contribution in [-0.2, 0) is 0 Å². The van der Waals surface area contributed by atoms with Crippen molar-refractivity contribution in [3.63, 3.8) is 0 Å². The van der Waals surface area contributed by atoms with Crippen LogP contribution in [0.4, 0.5) is 5.69 Å². The average Bonchev–Trinajstić information content (AvgIpc) is 2.43. The predicted molar refractivity (Wildman–Crippen MR) is 78.0 cm³/mol. The molecule has 112 valence electrons. The number of rotatable bonds is 6. The largest absolute Gasteiger partial charge is 0.475 e. The van der Waals surface area contributed by atoms with Crippen LogP contribution in [0.1, 0.15) is 33.1 Å². The van der Waals surface area contributed by atoms with Gasteiger partial charge in [-0.15, -0.1) is 0 Å². The fraction of sp³-hybridized carbons (Fsp3) is 0.714. The minimum atomic E-state index is 0.0217. The summed E-state index contributed by atoms with van der Waals surface area (Å²) >= 11 is 0. The zero-order valence-corrected chi connectivity index (χ0v) is 12.3. The highest BCUT2D eigenvalue weighted by Crippen LogP contribution is 2.27. The van der Waals surface area contributed by atoms with E-state index in [4.69, 9.17) is 15.2 Å². The van der Waals surface area contributed by atoms with Crippen molar-refractivity contribution in [1.82, 2.24) is 14.9 Å². The fourth-order valence-electron chi connectivity index (χ4n) is 2.25. The van der Waals surface area contributed by atoms with Gasteiger partial charge in [0.1, 0.15) is 12.9 Å². The Morgan fingerprint density at radius 1 is 1.20 bits per heavy atom. The Balaban J connectivity index is 1.85. The van der Waals surface area contributed by atoms with Gasteiger partial charge in [0.15, 0.2) is 5.69 Å². The van der Waals surface area contributed by atoms with Gasteiger partial charge in [0.2, 0.25) is 11.8 Å². The van der Waals surface area contributed by atoms with Gasteiger partial charge in [0.25, 0.3) is 0 Å². The molecule has 0 spiro atoms. The van der Waals surface area contributed by atoms with Crippen molar-refractivity contribution in [2.24, 2.45) is 0 Å². The van der Waals surface area contributed by atoms with Crippen molar-refractivity contribution in [3.8, 4) is 11.8 Å². The second kappa shape index (κ2) is 7.28. The number of aromatic nitrogens is 2. The maximum atomic E-state index is 5.96. The number of nitrogens with zero attached hydrogens (tertiary/aromatic N) is 3. The monoisotopic (exact) mass is 280 g/mol. The Kier molecular flexibility index (Phi) is 5.40. The summed E-state index contributed by atoms with van der Waals surface area (Å²) in [5.74, 6) is 0.802. The number of nitrogens with two attached hydrogens (primary N) is 1. The molecule has 2 rings (SSSR count). The van der Waals surface area contributed by atoms with Crippen molar-refractivity contribution >= 4 is 5.69 Å². The number of anilines is 1. The maximum Gasteiger partial charge on any atom is 0.244 e. The number of hydrogen-bond acceptors (Lipinski definition) is 6. The van der Waals surface area contributed by atoms with E-state index in [1.165, 1.54) is 25.6 Å². The van der Waals surface area contributed by atoms with Crippen LogP contribution in [0, 0.1) is 0 Å². The zero-order chi connectivity index (χ0) is 14.4. The molecule has 2 N–H and O–H groups in total. The summed E-state index contributed by atoms with van der Waals surface area (Å²) in [5.41, 5.74) is 6.34. The molecule has 0 aromatic carbocycles. The lowest BCUT2D eigenvalue weighted by Crippen LogP contribution is -2.33. The first-order valence-electron chi connectivity index (χ1n) is 7.29. The molecule has 6 heteroatoms. The third kappa shape index (κ3) is 4.23. The van der Waals surface area contributed by atoms with Gasteiger partial charge in [0.05, 0.1) is 6.10 Å². The smallest absolute Gasteiger partial charge is 0.244 e. The van der Waals surface area contributed by atoms with Gasteiger partial charge in [-0.3, -0.25) is 4.90 Å². The molecule has 20 heavy (non-hydrogen) atoms. The molecular formula is C14H24N4O2. The Morgan fingerprint density at radius 3 is 2.60 bits per heavy atom. The molecule has 1 aliphatic rings. The second-order valence-electron chi connectivity index (χ2n) is 5.32. The van der Waals surface area contributed by atoms with Gasteiger partial charge in [-0.05, 0) is 39.8 Å². The topological polar surface area (TPSA) is 73.5 Å².